The first-order valence-electron chi connectivity index (χ1n) is 14.5. The maximum absolute atomic E-state index is 14.1. The Morgan fingerprint density at radius 1 is 1.00 bits per heavy atom. The monoisotopic (exact) mass is 583 g/mol. The Labute approximate surface area is 254 Å². The third-order valence-electron chi connectivity index (χ3n) is 7.88. The van der Waals surface area contributed by atoms with Crippen LogP contribution in [-0.2, 0) is 27.5 Å². The van der Waals surface area contributed by atoms with Crippen molar-refractivity contribution >= 4 is 18.6 Å². The van der Waals surface area contributed by atoms with E-state index in [4.69, 9.17) is 4.79 Å². The minimum absolute atomic E-state index is 0.0591. The molecule has 2 aromatic carbocycles. The highest BCUT2D eigenvalue weighted by Gasteiger charge is 2.50. The molecule has 2 aromatic rings. The van der Waals surface area contributed by atoms with Gasteiger partial charge in [0.15, 0.2) is 0 Å². The molecule has 9 heteroatoms. The fourth-order valence-electron chi connectivity index (χ4n) is 5.90. The highest BCUT2D eigenvalue weighted by molar-refractivity contribution is 5.90. The second-order valence-corrected chi connectivity index (χ2v) is 10.7. The number of allylic oxidation sites excluding steroid dienone is 4. The number of carbonyl (C=O) groups is 3. The number of piperazine rings is 1. The molecule has 2 heterocycles. The zero-order valence-electron chi connectivity index (χ0n) is 24.7. The molecule has 1 aliphatic carbocycles. The SMILES string of the molecule is C=CCN1CC(=O)N2[C@@H](CC3=CCC=C(O)C=C3)C(=O)N(Cc3ccccc3)C[C@@H]2N1C(C)NCc1ccccc1.C=O. The van der Waals surface area contributed by atoms with Crippen molar-refractivity contribution in [3.05, 3.63) is 120 Å². The van der Waals surface area contributed by atoms with Crippen LogP contribution in [0.25, 0.3) is 0 Å². The molecule has 3 aliphatic rings. The van der Waals surface area contributed by atoms with Crippen LogP contribution in [0, 0.1) is 0 Å². The van der Waals surface area contributed by atoms with Crippen molar-refractivity contribution in [1.82, 2.24) is 25.1 Å². The van der Waals surface area contributed by atoms with E-state index in [0.717, 1.165) is 11.1 Å². The van der Waals surface area contributed by atoms with E-state index in [1.807, 2.05) is 83.5 Å². The quantitative estimate of drug-likeness (QED) is 0.409. The van der Waals surface area contributed by atoms with Crippen LogP contribution >= 0.6 is 0 Å². The molecule has 2 amide bonds. The van der Waals surface area contributed by atoms with Crippen molar-refractivity contribution in [2.24, 2.45) is 0 Å². The van der Waals surface area contributed by atoms with Gasteiger partial charge in [-0.25, -0.2) is 5.01 Å². The molecule has 2 N–H and O–H groups in total. The molecule has 0 aromatic heterocycles. The number of nitrogens with one attached hydrogen (secondary N) is 1. The number of fused-ring (bicyclic) bond motifs is 1. The number of rotatable bonds is 10. The predicted octanol–water partition coefficient (Wildman–Crippen LogP) is 3.94. The number of benzene rings is 2. The Morgan fingerprint density at radius 3 is 2.35 bits per heavy atom. The lowest BCUT2D eigenvalue weighted by molar-refractivity contribution is -0.213. The van der Waals surface area contributed by atoms with Gasteiger partial charge in [-0.1, -0.05) is 78.9 Å². The lowest BCUT2D eigenvalue weighted by Crippen LogP contribution is -2.76. The zero-order chi connectivity index (χ0) is 30.8. The van der Waals surface area contributed by atoms with Gasteiger partial charge in [-0.2, -0.15) is 5.01 Å². The summed E-state index contributed by atoms with van der Waals surface area (Å²) in [6.07, 6.45) is 9.52. The summed E-state index contributed by atoms with van der Waals surface area (Å²) in [4.78, 5) is 39.6. The van der Waals surface area contributed by atoms with E-state index < -0.39 is 6.04 Å². The summed E-state index contributed by atoms with van der Waals surface area (Å²) in [5.41, 5.74) is 3.14. The third-order valence-corrected chi connectivity index (χ3v) is 7.88. The van der Waals surface area contributed by atoms with E-state index in [-0.39, 0.29) is 36.4 Å². The molecule has 2 fully saturated rings. The summed E-state index contributed by atoms with van der Waals surface area (Å²) in [6, 6.07) is 19.5. The Kier molecular flexibility index (Phi) is 11.2. The first kappa shape index (κ1) is 31.6. The van der Waals surface area contributed by atoms with Crippen LogP contribution in [0.3, 0.4) is 0 Å². The summed E-state index contributed by atoms with van der Waals surface area (Å²) in [6.45, 7) is 10.3. The standard InChI is InChI=1S/C33H39N5O3.CH2O/c1-3-19-36-24-32(40)37-30(20-26-15-10-16-29(39)18-17-26)33(41)35(22-28-13-8-5-9-14-28)23-31(37)38(36)25(2)34-21-27-11-6-4-7-12-27;1-2/h3-9,11-18,25,30-31,34,39H,1,10,19-24H2,2H3;1H2/t25?,30-,31-;/m0./s1. The summed E-state index contributed by atoms with van der Waals surface area (Å²) in [5, 5.41) is 17.9. The number of hydrogen-bond acceptors (Lipinski definition) is 7. The van der Waals surface area contributed by atoms with Gasteiger partial charge in [0.25, 0.3) is 0 Å². The fraction of sp³-hybridized carbons (Fsp3) is 0.324. The number of nitrogens with zero attached hydrogens (tertiary/aromatic N) is 4. The highest BCUT2D eigenvalue weighted by atomic mass is 16.3. The van der Waals surface area contributed by atoms with Gasteiger partial charge in [0.2, 0.25) is 11.8 Å². The Morgan fingerprint density at radius 2 is 1.67 bits per heavy atom. The molecule has 0 saturated carbocycles. The number of amides is 2. The van der Waals surface area contributed by atoms with Crippen molar-refractivity contribution in [2.75, 3.05) is 19.6 Å². The van der Waals surface area contributed by atoms with Crippen LogP contribution in [0.2, 0.25) is 0 Å². The summed E-state index contributed by atoms with van der Waals surface area (Å²) >= 11 is 0. The van der Waals surface area contributed by atoms with Gasteiger partial charge < -0.3 is 19.7 Å². The van der Waals surface area contributed by atoms with Crippen molar-refractivity contribution in [1.29, 1.82) is 0 Å². The molecule has 2 saturated heterocycles. The molecule has 5 rings (SSSR count). The molecular weight excluding hydrogens is 542 g/mol. The zero-order valence-corrected chi connectivity index (χ0v) is 24.7. The summed E-state index contributed by atoms with van der Waals surface area (Å²) < 4.78 is 0. The van der Waals surface area contributed by atoms with Crippen LogP contribution in [-0.4, -0.2) is 81.5 Å². The van der Waals surface area contributed by atoms with Gasteiger partial charge in [0, 0.05) is 26.1 Å². The van der Waals surface area contributed by atoms with Crippen LogP contribution < -0.4 is 5.32 Å². The van der Waals surface area contributed by atoms with Crippen LogP contribution in [0.5, 0.6) is 0 Å². The molecule has 43 heavy (non-hydrogen) atoms. The molecule has 1 unspecified atom stereocenters. The van der Waals surface area contributed by atoms with Gasteiger partial charge >= 0.3 is 0 Å². The lowest BCUT2D eigenvalue weighted by Gasteiger charge is -2.57. The lowest BCUT2D eigenvalue weighted by atomic mass is 9.97. The maximum Gasteiger partial charge on any atom is 0.246 e. The number of aliphatic hydroxyl groups excluding tert-OH is 1. The average molecular weight is 584 g/mol. The largest absolute Gasteiger partial charge is 0.508 e. The summed E-state index contributed by atoms with van der Waals surface area (Å²) in [7, 11) is 0. The molecule has 2 aliphatic heterocycles. The van der Waals surface area contributed by atoms with E-state index >= 15 is 0 Å². The Balaban J connectivity index is 0.00000207. The third kappa shape index (κ3) is 7.75. The van der Waals surface area contributed by atoms with E-state index in [9.17, 15) is 14.7 Å². The fourth-order valence-corrected chi connectivity index (χ4v) is 5.90. The van der Waals surface area contributed by atoms with Gasteiger partial charge in [0.1, 0.15) is 24.8 Å². The van der Waals surface area contributed by atoms with Crippen LogP contribution in [0.1, 0.15) is 30.9 Å². The number of hydrogen-bond donors (Lipinski definition) is 2. The second-order valence-electron chi connectivity index (χ2n) is 10.7. The second kappa shape index (κ2) is 15.2. The van der Waals surface area contributed by atoms with Crippen LogP contribution in [0.15, 0.2) is 109 Å². The Bertz CT molecular complexity index is 1340. The van der Waals surface area contributed by atoms with E-state index in [0.29, 0.717) is 39.0 Å². The normalized spacial score (nSPS) is 21.6. The molecule has 0 spiro atoms. The number of aliphatic hydroxyl groups is 1. The molecule has 9 nitrogen and oxygen atoms in total. The molecule has 0 bridgehead atoms. The minimum atomic E-state index is -0.657. The minimum Gasteiger partial charge on any atom is -0.508 e. The molecule has 3 atom stereocenters. The van der Waals surface area contributed by atoms with Crippen molar-refractivity contribution in [3.63, 3.8) is 0 Å². The first-order valence-corrected chi connectivity index (χ1v) is 14.5. The van der Waals surface area contributed by atoms with Crippen molar-refractivity contribution in [3.8, 4) is 0 Å². The van der Waals surface area contributed by atoms with Gasteiger partial charge in [-0.15, -0.1) is 6.58 Å². The van der Waals surface area contributed by atoms with Crippen molar-refractivity contribution < 1.29 is 19.5 Å². The van der Waals surface area contributed by atoms with E-state index in [1.54, 1.807) is 17.1 Å². The van der Waals surface area contributed by atoms with E-state index in [1.165, 1.54) is 5.56 Å². The Hall–Kier alpha value is -4.31. The molecule has 0 radical (unpaired) electrons. The van der Waals surface area contributed by atoms with Crippen molar-refractivity contribution in [2.45, 2.75) is 51.2 Å². The topological polar surface area (TPSA) is 96.4 Å². The average Bonchev–Trinajstić information content (AvgIpc) is 3.23. The van der Waals surface area contributed by atoms with Gasteiger partial charge in [-0.3, -0.25) is 14.9 Å². The first-order chi connectivity index (χ1) is 20.9. The smallest absolute Gasteiger partial charge is 0.246 e. The number of carbonyl (C=O) groups excluding carboxylic acids is 3. The highest BCUT2D eigenvalue weighted by Crippen LogP contribution is 2.31. The maximum atomic E-state index is 14.1. The van der Waals surface area contributed by atoms with Gasteiger partial charge in [-0.05, 0) is 42.2 Å². The molecular formula is C34H41N5O4. The molecule has 226 valence electrons. The van der Waals surface area contributed by atoms with Gasteiger partial charge in [0.05, 0.1) is 19.3 Å². The van der Waals surface area contributed by atoms with Crippen LogP contribution in [0.4, 0.5) is 0 Å². The van der Waals surface area contributed by atoms with E-state index in [2.05, 4.69) is 36.0 Å². The predicted molar refractivity (Wildman–Crippen MR) is 167 cm³/mol. The number of hydrazine groups is 1. The summed E-state index contributed by atoms with van der Waals surface area (Å²) in [5.74, 6) is 0.0739.